The average Bonchev–Trinajstić information content (AvgIpc) is 1.87. The molecule has 0 aromatic rings. The Morgan fingerprint density at radius 1 is 1.89 bits per heavy atom. The topological polar surface area (TPSA) is 52.3 Å². The highest BCUT2D eigenvalue weighted by atomic mass is 32.1. The van der Waals surface area contributed by atoms with Crippen molar-refractivity contribution >= 4 is 18.6 Å². The lowest BCUT2D eigenvalue weighted by Gasteiger charge is -2.05. The maximum atomic E-state index is 10.5. The molecule has 0 radical (unpaired) electrons. The van der Waals surface area contributed by atoms with E-state index in [0.29, 0.717) is 12.2 Å². The molecule has 0 saturated heterocycles. The van der Waals surface area contributed by atoms with Gasteiger partial charge in [-0.1, -0.05) is 0 Å². The highest BCUT2D eigenvalue weighted by molar-refractivity contribution is 7.80. The van der Waals surface area contributed by atoms with Crippen LogP contribution in [0.15, 0.2) is 0 Å². The maximum Gasteiger partial charge on any atom is 0.322 e. The van der Waals surface area contributed by atoms with Gasteiger partial charge in [0.25, 0.3) is 0 Å². The summed E-state index contributed by atoms with van der Waals surface area (Å²) in [5, 5.41) is 0. The van der Waals surface area contributed by atoms with E-state index in [1.54, 1.807) is 0 Å². The van der Waals surface area contributed by atoms with E-state index in [2.05, 4.69) is 17.4 Å². The predicted octanol–water partition coefficient (Wildman–Crippen LogP) is -0.193. The number of methoxy groups -OCH3 is 1. The molecular formula is C5H11NO2S. The Bertz CT molecular complexity index is 97.0. The molecule has 0 amide bonds. The second-order valence-corrected chi connectivity index (χ2v) is 2.09. The number of hydrogen-bond donors (Lipinski definition) is 2. The third kappa shape index (κ3) is 3.37. The Labute approximate surface area is 60.0 Å². The van der Waals surface area contributed by atoms with Crippen LogP contribution in [0.2, 0.25) is 0 Å². The normalized spacial score (nSPS) is 12.8. The molecule has 0 bridgehead atoms. The van der Waals surface area contributed by atoms with Gasteiger partial charge in [-0.2, -0.15) is 12.6 Å². The van der Waals surface area contributed by atoms with Crippen molar-refractivity contribution in [1.29, 1.82) is 0 Å². The second-order valence-electron chi connectivity index (χ2n) is 1.64. The minimum Gasteiger partial charge on any atom is -0.468 e. The van der Waals surface area contributed by atoms with E-state index < -0.39 is 6.04 Å². The Balaban J connectivity index is 3.45. The number of hydrogen-bond acceptors (Lipinski definition) is 4. The van der Waals surface area contributed by atoms with Gasteiger partial charge in [0, 0.05) is 0 Å². The highest BCUT2D eigenvalue weighted by Crippen LogP contribution is 1.91. The minimum absolute atomic E-state index is 0.371. The van der Waals surface area contributed by atoms with Crippen molar-refractivity contribution in [3.8, 4) is 0 Å². The first-order valence-corrected chi connectivity index (χ1v) is 3.30. The Hall–Kier alpha value is -0.220. The Morgan fingerprint density at radius 3 is 2.78 bits per heavy atom. The molecule has 0 aliphatic carbocycles. The first kappa shape index (κ1) is 8.78. The molecule has 0 heterocycles. The van der Waals surface area contributed by atoms with E-state index in [1.165, 1.54) is 7.11 Å². The number of thiol groups is 1. The lowest BCUT2D eigenvalue weighted by molar-refractivity contribution is -0.142. The second kappa shape index (κ2) is 4.64. The van der Waals surface area contributed by atoms with Gasteiger partial charge in [0.05, 0.1) is 7.11 Å². The number of carbonyl (C=O) groups is 1. The van der Waals surface area contributed by atoms with Gasteiger partial charge in [0.15, 0.2) is 0 Å². The molecule has 0 aromatic carbocycles. The van der Waals surface area contributed by atoms with Gasteiger partial charge in [0.2, 0.25) is 0 Å². The van der Waals surface area contributed by atoms with Crippen molar-refractivity contribution in [1.82, 2.24) is 0 Å². The van der Waals surface area contributed by atoms with Gasteiger partial charge in [-0.3, -0.25) is 4.79 Å². The third-order valence-corrected chi connectivity index (χ3v) is 1.20. The van der Waals surface area contributed by atoms with Crippen molar-refractivity contribution in [2.75, 3.05) is 12.9 Å². The van der Waals surface area contributed by atoms with Crippen molar-refractivity contribution in [2.24, 2.45) is 5.73 Å². The van der Waals surface area contributed by atoms with E-state index in [4.69, 9.17) is 5.73 Å². The molecule has 2 N–H and O–H groups in total. The summed E-state index contributed by atoms with van der Waals surface area (Å²) in [4.78, 5) is 10.5. The SMILES string of the molecule is COC(=O)[C@H](N)CCS. The van der Waals surface area contributed by atoms with Crippen LogP contribution in [0.1, 0.15) is 6.42 Å². The standard InChI is InChI=1S/C5H11NO2S/c1-8-5(7)4(6)2-3-9/h4,9H,2-3,6H2,1H3/t4-/m1/s1. The van der Waals surface area contributed by atoms with Crippen molar-refractivity contribution in [3.05, 3.63) is 0 Å². The summed E-state index contributed by atoms with van der Waals surface area (Å²) >= 11 is 3.91. The molecule has 54 valence electrons. The fourth-order valence-electron chi connectivity index (χ4n) is 0.408. The number of rotatable bonds is 3. The summed E-state index contributed by atoms with van der Waals surface area (Å²) in [7, 11) is 1.32. The first-order valence-electron chi connectivity index (χ1n) is 2.66. The zero-order valence-electron chi connectivity index (χ0n) is 5.33. The molecule has 0 spiro atoms. The number of esters is 1. The molecule has 3 nitrogen and oxygen atoms in total. The van der Waals surface area contributed by atoms with Gasteiger partial charge in [-0.25, -0.2) is 0 Å². The summed E-state index contributed by atoms with van der Waals surface area (Å²) in [5.74, 6) is 0.236. The van der Waals surface area contributed by atoms with Crippen LogP contribution in [0.5, 0.6) is 0 Å². The molecule has 1 atom stereocenters. The van der Waals surface area contributed by atoms with Crippen LogP contribution in [-0.2, 0) is 9.53 Å². The lowest BCUT2D eigenvalue weighted by Crippen LogP contribution is -2.31. The van der Waals surface area contributed by atoms with Gasteiger partial charge in [-0.15, -0.1) is 0 Å². The number of ether oxygens (including phenoxy) is 1. The largest absolute Gasteiger partial charge is 0.468 e. The van der Waals surface area contributed by atoms with Crippen LogP contribution in [0.3, 0.4) is 0 Å². The van der Waals surface area contributed by atoms with Gasteiger partial charge in [-0.05, 0) is 12.2 Å². The molecule has 0 rings (SSSR count). The van der Waals surface area contributed by atoms with E-state index >= 15 is 0 Å². The number of nitrogens with two attached hydrogens (primary N) is 1. The molecule has 0 aliphatic rings. The Morgan fingerprint density at radius 2 is 2.44 bits per heavy atom. The zero-order chi connectivity index (χ0) is 7.28. The minimum atomic E-state index is -0.507. The van der Waals surface area contributed by atoms with Crippen LogP contribution < -0.4 is 5.73 Å². The summed E-state index contributed by atoms with van der Waals surface area (Å²) < 4.78 is 4.37. The van der Waals surface area contributed by atoms with Crippen molar-refractivity contribution < 1.29 is 9.53 Å². The quantitative estimate of drug-likeness (QED) is 0.432. The van der Waals surface area contributed by atoms with Crippen molar-refractivity contribution in [3.63, 3.8) is 0 Å². The fraction of sp³-hybridized carbons (Fsp3) is 0.800. The molecule has 0 unspecified atom stereocenters. The van der Waals surface area contributed by atoms with Gasteiger partial charge in [0.1, 0.15) is 6.04 Å². The van der Waals surface area contributed by atoms with E-state index in [-0.39, 0.29) is 5.97 Å². The summed E-state index contributed by atoms with van der Waals surface area (Å²) in [5.41, 5.74) is 5.31. The fourth-order valence-corrected chi connectivity index (χ4v) is 0.686. The molecule has 0 fully saturated rings. The molecule has 9 heavy (non-hydrogen) atoms. The smallest absolute Gasteiger partial charge is 0.322 e. The molecule has 0 saturated carbocycles. The highest BCUT2D eigenvalue weighted by Gasteiger charge is 2.10. The summed E-state index contributed by atoms with van der Waals surface area (Å²) in [6.45, 7) is 0. The van der Waals surface area contributed by atoms with E-state index in [9.17, 15) is 4.79 Å². The maximum absolute atomic E-state index is 10.5. The average molecular weight is 149 g/mol. The van der Waals surface area contributed by atoms with Gasteiger partial charge >= 0.3 is 5.97 Å². The molecule has 0 aliphatic heterocycles. The third-order valence-electron chi connectivity index (χ3n) is 0.944. The van der Waals surface area contributed by atoms with Crippen LogP contribution in [0.4, 0.5) is 0 Å². The molecule has 0 aromatic heterocycles. The zero-order valence-corrected chi connectivity index (χ0v) is 6.23. The van der Waals surface area contributed by atoms with E-state index in [0.717, 1.165) is 0 Å². The summed E-state index contributed by atoms with van der Waals surface area (Å²) in [6, 6.07) is -0.507. The molecule has 4 heteroatoms. The lowest BCUT2D eigenvalue weighted by atomic mass is 10.2. The molecular weight excluding hydrogens is 138 g/mol. The van der Waals surface area contributed by atoms with Crippen LogP contribution in [0, 0.1) is 0 Å². The monoisotopic (exact) mass is 149 g/mol. The van der Waals surface area contributed by atoms with Crippen LogP contribution in [-0.4, -0.2) is 24.9 Å². The van der Waals surface area contributed by atoms with Crippen LogP contribution >= 0.6 is 12.6 Å². The van der Waals surface area contributed by atoms with Gasteiger partial charge < -0.3 is 10.5 Å². The van der Waals surface area contributed by atoms with Crippen LogP contribution in [0.25, 0.3) is 0 Å². The van der Waals surface area contributed by atoms with Crippen molar-refractivity contribution in [2.45, 2.75) is 12.5 Å². The first-order chi connectivity index (χ1) is 4.22. The number of carbonyl (C=O) groups excluding carboxylic acids is 1. The predicted molar refractivity (Wildman–Crippen MR) is 38.5 cm³/mol. The Kier molecular flexibility index (Phi) is 4.53. The van der Waals surface area contributed by atoms with E-state index in [1.807, 2.05) is 0 Å². The summed E-state index contributed by atoms with van der Waals surface area (Å²) in [6.07, 6.45) is 0.565.